The second-order valence-electron chi connectivity index (χ2n) is 6.58. The minimum Gasteiger partial charge on any atom is -0.454 e. The quantitative estimate of drug-likeness (QED) is 0.507. The third kappa shape index (κ3) is 1.83. The fourth-order valence-corrected chi connectivity index (χ4v) is 5.33. The summed E-state index contributed by atoms with van der Waals surface area (Å²) in [5.74, 6) is 0.533. The van der Waals surface area contributed by atoms with E-state index in [0.29, 0.717) is 11.7 Å². The molecule has 0 radical (unpaired) electrons. The first kappa shape index (κ1) is 13.3. The maximum absolute atomic E-state index is 12.2. The Morgan fingerprint density at radius 3 is 2.68 bits per heavy atom. The van der Waals surface area contributed by atoms with Crippen LogP contribution in [0.1, 0.15) is 40.0 Å². The summed E-state index contributed by atoms with van der Waals surface area (Å²) in [6.45, 7) is 6.13. The molecule has 0 aromatic carbocycles. The molecule has 2 saturated carbocycles. The Kier molecular flexibility index (Phi) is 2.93. The summed E-state index contributed by atoms with van der Waals surface area (Å²) >= 11 is 3.52. The molecule has 104 valence electrons. The van der Waals surface area contributed by atoms with Crippen molar-refractivity contribution in [2.45, 2.75) is 51.0 Å². The highest BCUT2D eigenvalue weighted by Crippen LogP contribution is 2.56. The third-order valence-electron chi connectivity index (χ3n) is 5.42. The van der Waals surface area contributed by atoms with Gasteiger partial charge in [0.05, 0.1) is 4.83 Å². The first-order valence-electron chi connectivity index (χ1n) is 6.92. The van der Waals surface area contributed by atoms with Gasteiger partial charge in [-0.1, -0.05) is 29.8 Å². The lowest BCUT2D eigenvalue weighted by Gasteiger charge is -2.50. The highest BCUT2D eigenvalue weighted by Gasteiger charge is 2.54. The molecular weight excluding hydrogens is 308 g/mol. The Bertz CT molecular complexity index is 496. The molecule has 4 heteroatoms. The monoisotopic (exact) mass is 326 g/mol. The van der Waals surface area contributed by atoms with Gasteiger partial charge in [-0.05, 0) is 43.1 Å². The average Bonchev–Trinajstić information content (AvgIpc) is 2.59. The number of hydrogen-bond acceptors (Lipinski definition) is 3. The molecule has 0 bridgehead atoms. The zero-order valence-electron chi connectivity index (χ0n) is 11.5. The number of ether oxygens (including phenoxy) is 1. The number of ketones is 1. The number of carbonyl (C=O) groups excluding carboxylic acids is 2. The minimum atomic E-state index is -0.170. The van der Waals surface area contributed by atoms with Crippen molar-refractivity contribution in [2.24, 2.45) is 17.3 Å². The van der Waals surface area contributed by atoms with E-state index in [1.165, 1.54) is 0 Å². The Labute approximate surface area is 121 Å². The molecule has 0 N–H and O–H groups in total. The Morgan fingerprint density at radius 2 is 2.00 bits per heavy atom. The van der Waals surface area contributed by atoms with Crippen LogP contribution in [0.15, 0.2) is 11.1 Å². The molecule has 5 atom stereocenters. The van der Waals surface area contributed by atoms with Gasteiger partial charge >= 0.3 is 5.97 Å². The van der Waals surface area contributed by atoms with Gasteiger partial charge < -0.3 is 4.74 Å². The number of carbonyl (C=O) groups is 2. The van der Waals surface area contributed by atoms with Gasteiger partial charge in [0.25, 0.3) is 0 Å². The van der Waals surface area contributed by atoms with Crippen LogP contribution in [-0.2, 0) is 14.3 Å². The van der Waals surface area contributed by atoms with Gasteiger partial charge in [-0.15, -0.1) is 0 Å². The van der Waals surface area contributed by atoms with E-state index in [4.69, 9.17) is 4.74 Å². The molecule has 3 rings (SSSR count). The second-order valence-corrected chi connectivity index (χ2v) is 7.68. The molecule has 1 aliphatic heterocycles. The molecule has 19 heavy (non-hydrogen) atoms. The van der Waals surface area contributed by atoms with E-state index in [0.717, 1.165) is 30.4 Å². The van der Waals surface area contributed by atoms with Crippen LogP contribution in [0.4, 0.5) is 0 Å². The predicted molar refractivity (Wildman–Crippen MR) is 74.9 cm³/mol. The molecule has 3 aliphatic rings. The predicted octanol–water partition coefficient (Wildman–Crippen LogP) is 3.02. The number of rotatable bonds is 0. The molecule has 0 aromatic heterocycles. The van der Waals surface area contributed by atoms with Crippen molar-refractivity contribution in [3.05, 3.63) is 11.1 Å². The first-order valence-corrected chi connectivity index (χ1v) is 7.83. The normalized spacial score (nSPS) is 45.9. The molecule has 0 unspecified atom stereocenters. The van der Waals surface area contributed by atoms with Gasteiger partial charge in [-0.25, -0.2) is 4.79 Å². The highest BCUT2D eigenvalue weighted by molar-refractivity contribution is 9.10. The Morgan fingerprint density at radius 1 is 1.32 bits per heavy atom. The lowest BCUT2D eigenvalue weighted by Crippen LogP contribution is -2.50. The lowest BCUT2D eigenvalue weighted by atomic mass is 9.55. The van der Waals surface area contributed by atoms with Crippen LogP contribution in [0.5, 0.6) is 0 Å². The number of fused-ring (bicyclic) bond motifs is 2. The summed E-state index contributed by atoms with van der Waals surface area (Å²) in [6, 6.07) is 0. The standard InChI is InChI=1S/C15H19BrO3/c1-7-9-4-10-8(2)13(17)11(16)5-15(10,3)6-12(9)19-14(7)18/h8,10-12H,4-6H2,1-3H3/t8-,10-,11+,12-,15+/m0/s1. The van der Waals surface area contributed by atoms with Crippen molar-refractivity contribution in [3.63, 3.8) is 0 Å². The number of halogens is 1. The van der Waals surface area contributed by atoms with Crippen LogP contribution in [0.25, 0.3) is 0 Å². The topological polar surface area (TPSA) is 43.4 Å². The summed E-state index contributed by atoms with van der Waals surface area (Å²) in [4.78, 5) is 23.9. The molecule has 1 heterocycles. The smallest absolute Gasteiger partial charge is 0.334 e. The zero-order valence-corrected chi connectivity index (χ0v) is 13.1. The largest absolute Gasteiger partial charge is 0.454 e. The summed E-state index contributed by atoms with van der Waals surface area (Å²) in [5.41, 5.74) is 1.99. The van der Waals surface area contributed by atoms with E-state index in [2.05, 4.69) is 22.9 Å². The van der Waals surface area contributed by atoms with Gasteiger partial charge in [0.1, 0.15) is 11.9 Å². The van der Waals surface area contributed by atoms with E-state index in [-0.39, 0.29) is 28.2 Å². The molecule has 2 fully saturated rings. The zero-order chi connectivity index (χ0) is 13.9. The number of hydrogen-bond donors (Lipinski definition) is 0. The van der Waals surface area contributed by atoms with Gasteiger partial charge in [0.15, 0.2) is 0 Å². The summed E-state index contributed by atoms with van der Waals surface area (Å²) in [6.07, 6.45) is 2.50. The second kappa shape index (κ2) is 4.18. The maximum atomic E-state index is 12.2. The van der Waals surface area contributed by atoms with Gasteiger partial charge in [-0.2, -0.15) is 0 Å². The molecule has 0 spiro atoms. The summed E-state index contributed by atoms with van der Waals surface area (Å²) < 4.78 is 5.48. The third-order valence-corrected chi connectivity index (χ3v) is 6.19. The molecule has 0 aromatic rings. The van der Waals surface area contributed by atoms with Crippen molar-refractivity contribution in [2.75, 3.05) is 0 Å². The minimum absolute atomic E-state index is 0.0474. The maximum Gasteiger partial charge on any atom is 0.334 e. The van der Waals surface area contributed by atoms with Crippen LogP contribution < -0.4 is 0 Å². The fraction of sp³-hybridized carbons (Fsp3) is 0.733. The number of alkyl halides is 1. The SMILES string of the molecule is CC1=C2C[C@H]3[C@H](C)C(=O)[C@H](Br)C[C@]3(C)C[C@@H]2OC1=O. The molecule has 0 amide bonds. The summed E-state index contributed by atoms with van der Waals surface area (Å²) in [5, 5.41) is 0. The number of esters is 1. The van der Waals surface area contributed by atoms with Crippen LogP contribution in [0.3, 0.4) is 0 Å². The Hall–Kier alpha value is -0.640. The van der Waals surface area contributed by atoms with Crippen molar-refractivity contribution in [3.8, 4) is 0 Å². The van der Waals surface area contributed by atoms with Gasteiger partial charge in [0.2, 0.25) is 0 Å². The van der Waals surface area contributed by atoms with Crippen molar-refractivity contribution in [1.82, 2.24) is 0 Å². The van der Waals surface area contributed by atoms with Crippen molar-refractivity contribution < 1.29 is 14.3 Å². The van der Waals surface area contributed by atoms with Crippen molar-refractivity contribution in [1.29, 1.82) is 0 Å². The number of Topliss-reactive ketones (excluding diaryl/α,β-unsaturated/α-hetero) is 1. The van der Waals surface area contributed by atoms with Crippen LogP contribution in [0.2, 0.25) is 0 Å². The van der Waals surface area contributed by atoms with E-state index in [1.807, 2.05) is 13.8 Å². The van der Waals surface area contributed by atoms with E-state index in [1.54, 1.807) is 0 Å². The van der Waals surface area contributed by atoms with Gasteiger partial charge in [0, 0.05) is 11.5 Å². The molecular formula is C15H19BrO3. The fourth-order valence-electron chi connectivity index (χ4n) is 4.18. The van der Waals surface area contributed by atoms with E-state index >= 15 is 0 Å². The van der Waals surface area contributed by atoms with Gasteiger partial charge in [-0.3, -0.25) is 4.79 Å². The molecule has 3 nitrogen and oxygen atoms in total. The van der Waals surface area contributed by atoms with Crippen LogP contribution in [0, 0.1) is 17.3 Å². The van der Waals surface area contributed by atoms with Crippen LogP contribution >= 0.6 is 15.9 Å². The molecule has 2 aliphatic carbocycles. The van der Waals surface area contributed by atoms with Crippen LogP contribution in [-0.4, -0.2) is 22.7 Å². The summed E-state index contributed by atoms with van der Waals surface area (Å²) in [7, 11) is 0. The van der Waals surface area contributed by atoms with E-state index < -0.39 is 0 Å². The Balaban J connectivity index is 1.97. The first-order chi connectivity index (χ1) is 8.83. The average molecular weight is 327 g/mol. The molecule has 0 saturated heterocycles. The van der Waals surface area contributed by atoms with E-state index in [9.17, 15) is 9.59 Å². The van der Waals surface area contributed by atoms with Crippen molar-refractivity contribution >= 4 is 27.7 Å². The lowest BCUT2D eigenvalue weighted by molar-refractivity contribution is -0.144. The highest BCUT2D eigenvalue weighted by atomic mass is 79.9.